The molecule has 0 aliphatic carbocycles. The molecule has 2 N–H and O–H groups in total. The second-order valence-electron chi connectivity index (χ2n) is 4.93. The smallest absolute Gasteiger partial charge is 0.408 e. The molecule has 2 aromatic carbocycles. The number of hydrogen-bond donors (Lipinski definition) is 1. The van der Waals surface area contributed by atoms with Crippen LogP contribution in [0.4, 0.5) is 5.69 Å². The SMILES string of the molecule is Cc1cc(C#N)ccc1Cn1c(=O)oc2ccc(N)cc21. The first kappa shape index (κ1) is 13.0. The van der Waals surface area contributed by atoms with E-state index in [0.29, 0.717) is 28.9 Å². The Bertz CT molecular complexity index is 929. The largest absolute Gasteiger partial charge is 0.420 e. The molecule has 104 valence electrons. The van der Waals surface area contributed by atoms with Gasteiger partial charge in [0.05, 0.1) is 23.7 Å². The highest BCUT2D eigenvalue weighted by molar-refractivity contribution is 5.77. The first-order valence-electron chi connectivity index (χ1n) is 6.47. The van der Waals surface area contributed by atoms with Gasteiger partial charge in [0.25, 0.3) is 0 Å². The van der Waals surface area contributed by atoms with Gasteiger partial charge in [-0.2, -0.15) is 5.26 Å². The van der Waals surface area contributed by atoms with Crippen LogP contribution in [-0.2, 0) is 6.54 Å². The first-order valence-corrected chi connectivity index (χ1v) is 6.47. The van der Waals surface area contributed by atoms with Crippen molar-refractivity contribution >= 4 is 16.8 Å². The zero-order chi connectivity index (χ0) is 15.0. The Morgan fingerprint density at radius 1 is 1.29 bits per heavy atom. The van der Waals surface area contributed by atoms with Crippen molar-refractivity contribution in [3.8, 4) is 6.07 Å². The Morgan fingerprint density at radius 3 is 2.81 bits per heavy atom. The summed E-state index contributed by atoms with van der Waals surface area (Å²) in [5.41, 5.74) is 10.1. The van der Waals surface area contributed by atoms with Gasteiger partial charge in [-0.05, 0) is 48.4 Å². The van der Waals surface area contributed by atoms with Crippen molar-refractivity contribution in [1.29, 1.82) is 5.26 Å². The zero-order valence-electron chi connectivity index (χ0n) is 11.5. The number of oxazole rings is 1. The van der Waals surface area contributed by atoms with E-state index >= 15 is 0 Å². The average molecular weight is 279 g/mol. The monoisotopic (exact) mass is 279 g/mol. The maximum absolute atomic E-state index is 12.0. The minimum Gasteiger partial charge on any atom is -0.408 e. The third kappa shape index (κ3) is 2.28. The number of benzene rings is 2. The standard InChI is InChI=1S/C16H13N3O2/c1-10-6-11(8-17)2-3-12(10)9-19-14-7-13(18)4-5-15(14)21-16(19)20/h2-7H,9,18H2,1H3. The molecule has 0 aliphatic rings. The fourth-order valence-corrected chi connectivity index (χ4v) is 2.34. The van der Waals surface area contributed by atoms with Gasteiger partial charge in [-0.15, -0.1) is 0 Å². The van der Waals surface area contributed by atoms with Crippen molar-refractivity contribution in [2.75, 3.05) is 5.73 Å². The van der Waals surface area contributed by atoms with Crippen molar-refractivity contribution in [1.82, 2.24) is 4.57 Å². The van der Waals surface area contributed by atoms with Crippen LogP contribution in [0.15, 0.2) is 45.6 Å². The average Bonchev–Trinajstić information content (AvgIpc) is 2.77. The molecular formula is C16H13N3O2. The Hall–Kier alpha value is -3.00. The Balaban J connectivity index is 2.10. The van der Waals surface area contributed by atoms with Gasteiger partial charge in [-0.1, -0.05) is 6.07 Å². The van der Waals surface area contributed by atoms with Crippen LogP contribution in [0.25, 0.3) is 11.1 Å². The fourth-order valence-electron chi connectivity index (χ4n) is 2.34. The number of nitrogens with zero attached hydrogens (tertiary/aromatic N) is 2. The highest BCUT2D eigenvalue weighted by Gasteiger charge is 2.11. The number of aryl methyl sites for hydroxylation is 1. The van der Waals surface area contributed by atoms with Gasteiger partial charge < -0.3 is 10.2 Å². The third-order valence-electron chi connectivity index (χ3n) is 3.49. The molecule has 0 bridgehead atoms. The summed E-state index contributed by atoms with van der Waals surface area (Å²) in [5, 5.41) is 8.89. The van der Waals surface area contributed by atoms with Gasteiger partial charge in [0.15, 0.2) is 5.58 Å². The molecule has 21 heavy (non-hydrogen) atoms. The lowest BCUT2D eigenvalue weighted by molar-refractivity contribution is 0.517. The van der Waals surface area contributed by atoms with E-state index in [4.69, 9.17) is 15.4 Å². The molecule has 5 heteroatoms. The van der Waals surface area contributed by atoms with Gasteiger partial charge in [-0.3, -0.25) is 4.57 Å². The molecule has 0 fully saturated rings. The molecule has 0 saturated carbocycles. The van der Waals surface area contributed by atoms with Crippen LogP contribution in [0, 0.1) is 18.3 Å². The van der Waals surface area contributed by atoms with Crippen molar-refractivity contribution < 1.29 is 4.42 Å². The number of aromatic nitrogens is 1. The van der Waals surface area contributed by atoms with E-state index in [1.165, 1.54) is 0 Å². The summed E-state index contributed by atoms with van der Waals surface area (Å²) in [5.74, 6) is -0.417. The summed E-state index contributed by atoms with van der Waals surface area (Å²) in [6.07, 6.45) is 0. The minimum atomic E-state index is -0.417. The number of nitrogen functional groups attached to an aromatic ring is 1. The number of rotatable bonds is 2. The lowest BCUT2D eigenvalue weighted by atomic mass is 10.1. The Morgan fingerprint density at radius 2 is 2.10 bits per heavy atom. The second-order valence-corrected chi connectivity index (χ2v) is 4.93. The van der Waals surface area contributed by atoms with Crippen molar-refractivity contribution in [3.05, 3.63) is 63.6 Å². The fraction of sp³-hybridized carbons (Fsp3) is 0.125. The predicted molar refractivity (Wildman–Crippen MR) is 79.9 cm³/mol. The van der Waals surface area contributed by atoms with Gasteiger partial charge >= 0.3 is 5.76 Å². The normalized spacial score (nSPS) is 10.7. The summed E-state index contributed by atoms with van der Waals surface area (Å²) in [6, 6.07) is 12.6. The van der Waals surface area contributed by atoms with Crippen LogP contribution in [0.5, 0.6) is 0 Å². The van der Waals surface area contributed by atoms with E-state index in [1.807, 2.05) is 13.0 Å². The maximum atomic E-state index is 12.0. The highest BCUT2D eigenvalue weighted by atomic mass is 16.4. The van der Waals surface area contributed by atoms with Gasteiger partial charge in [-0.25, -0.2) is 4.79 Å². The molecular weight excluding hydrogens is 266 g/mol. The van der Waals surface area contributed by atoms with E-state index in [0.717, 1.165) is 11.1 Å². The number of nitrogens with two attached hydrogens (primary N) is 1. The molecule has 0 spiro atoms. The molecule has 5 nitrogen and oxygen atoms in total. The molecule has 0 unspecified atom stereocenters. The van der Waals surface area contributed by atoms with Crippen molar-refractivity contribution in [2.24, 2.45) is 0 Å². The topological polar surface area (TPSA) is 85.0 Å². The lowest BCUT2D eigenvalue weighted by Crippen LogP contribution is -2.15. The molecule has 0 radical (unpaired) electrons. The molecule has 3 rings (SSSR count). The van der Waals surface area contributed by atoms with Crippen molar-refractivity contribution in [3.63, 3.8) is 0 Å². The molecule has 0 aliphatic heterocycles. The molecule has 3 aromatic rings. The van der Waals surface area contributed by atoms with Crippen LogP contribution >= 0.6 is 0 Å². The summed E-state index contributed by atoms with van der Waals surface area (Å²) in [7, 11) is 0. The number of anilines is 1. The van der Waals surface area contributed by atoms with Crippen LogP contribution in [0.3, 0.4) is 0 Å². The summed E-state index contributed by atoms with van der Waals surface area (Å²) in [4.78, 5) is 12.0. The quantitative estimate of drug-likeness (QED) is 0.730. The minimum absolute atomic E-state index is 0.382. The van der Waals surface area contributed by atoms with E-state index in [2.05, 4.69) is 6.07 Å². The number of hydrogen-bond acceptors (Lipinski definition) is 4. The lowest BCUT2D eigenvalue weighted by Gasteiger charge is -2.07. The molecule has 1 heterocycles. The van der Waals surface area contributed by atoms with Crippen LogP contribution in [-0.4, -0.2) is 4.57 Å². The van der Waals surface area contributed by atoms with Crippen molar-refractivity contribution in [2.45, 2.75) is 13.5 Å². The van der Waals surface area contributed by atoms with Crippen LogP contribution in [0.2, 0.25) is 0 Å². The number of fused-ring (bicyclic) bond motifs is 1. The first-order chi connectivity index (χ1) is 10.1. The van der Waals surface area contributed by atoms with E-state index in [1.54, 1.807) is 34.9 Å². The van der Waals surface area contributed by atoms with Gasteiger partial charge in [0, 0.05) is 5.69 Å². The van der Waals surface area contributed by atoms with Crippen LogP contribution in [0.1, 0.15) is 16.7 Å². The van der Waals surface area contributed by atoms with Gasteiger partial charge in [0.1, 0.15) is 0 Å². The summed E-state index contributed by atoms with van der Waals surface area (Å²) < 4.78 is 6.75. The Labute approximate surface area is 120 Å². The number of nitriles is 1. The van der Waals surface area contributed by atoms with Crippen LogP contribution < -0.4 is 11.5 Å². The Kier molecular flexibility index (Phi) is 2.99. The molecule has 1 aromatic heterocycles. The zero-order valence-corrected chi connectivity index (χ0v) is 11.5. The molecule has 0 atom stereocenters. The second kappa shape index (κ2) is 4.84. The molecule has 0 amide bonds. The highest BCUT2D eigenvalue weighted by Crippen LogP contribution is 2.19. The van der Waals surface area contributed by atoms with E-state index < -0.39 is 5.76 Å². The maximum Gasteiger partial charge on any atom is 0.420 e. The van der Waals surface area contributed by atoms with E-state index in [9.17, 15) is 4.79 Å². The molecule has 0 saturated heterocycles. The van der Waals surface area contributed by atoms with E-state index in [-0.39, 0.29) is 0 Å². The summed E-state index contributed by atoms with van der Waals surface area (Å²) in [6.45, 7) is 2.30. The third-order valence-corrected chi connectivity index (χ3v) is 3.49. The van der Waals surface area contributed by atoms with Gasteiger partial charge in [0.2, 0.25) is 0 Å². The predicted octanol–water partition coefficient (Wildman–Crippen LogP) is 2.41. The summed E-state index contributed by atoms with van der Waals surface area (Å²) >= 11 is 0.